The van der Waals surface area contributed by atoms with E-state index in [1.54, 1.807) is 7.11 Å². The highest BCUT2D eigenvalue weighted by Crippen LogP contribution is 2.17. The second-order valence-electron chi connectivity index (χ2n) is 5.53. The Morgan fingerprint density at radius 2 is 1.90 bits per heavy atom. The second kappa shape index (κ2) is 10.8. The van der Waals surface area contributed by atoms with Gasteiger partial charge >= 0.3 is 0 Å². The van der Waals surface area contributed by atoms with E-state index in [0.717, 1.165) is 39.1 Å². The molecule has 0 aliphatic rings. The average molecular weight is 295 g/mol. The molecule has 4 nitrogen and oxygen atoms in total. The normalized spacial score (nSPS) is 11.2. The SMILES string of the molecule is CCCCCCn1nc(CC)c(CNCCOC)c1CC. The lowest BCUT2D eigenvalue weighted by molar-refractivity contribution is 0.199. The molecule has 0 unspecified atom stereocenters. The van der Waals surface area contributed by atoms with Gasteiger partial charge in [-0.15, -0.1) is 0 Å². The summed E-state index contributed by atoms with van der Waals surface area (Å²) in [6.45, 7) is 10.3. The Morgan fingerprint density at radius 3 is 2.52 bits per heavy atom. The van der Waals surface area contributed by atoms with Crippen molar-refractivity contribution in [2.45, 2.75) is 72.4 Å². The zero-order valence-corrected chi connectivity index (χ0v) is 14.4. The molecule has 1 aromatic heterocycles. The third-order valence-corrected chi connectivity index (χ3v) is 3.93. The van der Waals surface area contributed by atoms with Gasteiger partial charge in [-0.05, 0) is 19.3 Å². The molecule has 0 aromatic carbocycles. The molecule has 0 amide bonds. The van der Waals surface area contributed by atoms with E-state index in [9.17, 15) is 0 Å². The molecule has 21 heavy (non-hydrogen) atoms. The van der Waals surface area contributed by atoms with Crippen molar-refractivity contribution >= 4 is 0 Å². The number of methoxy groups -OCH3 is 1. The van der Waals surface area contributed by atoms with Crippen LogP contribution in [0, 0.1) is 0 Å². The quantitative estimate of drug-likeness (QED) is 0.601. The number of nitrogens with zero attached hydrogens (tertiary/aromatic N) is 2. The van der Waals surface area contributed by atoms with Crippen molar-refractivity contribution in [3.8, 4) is 0 Å². The number of unbranched alkanes of at least 4 members (excludes halogenated alkanes) is 3. The summed E-state index contributed by atoms with van der Waals surface area (Å²) in [7, 11) is 1.74. The minimum absolute atomic E-state index is 0.758. The lowest BCUT2D eigenvalue weighted by Crippen LogP contribution is -2.20. The van der Waals surface area contributed by atoms with Crippen LogP contribution in [0.1, 0.15) is 63.4 Å². The second-order valence-corrected chi connectivity index (χ2v) is 5.53. The summed E-state index contributed by atoms with van der Waals surface area (Å²) >= 11 is 0. The fraction of sp³-hybridized carbons (Fsp3) is 0.824. The number of hydrogen-bond acceptors (Lipinski definition) is 3. The molecule has 0 saturated heterocycles. The molecule has 1 heterocycles. The molecule has 1 aromatic rings. The lowest BCUT2D eigenvalue weighted by Gasteiger charge is -2.09. The Kier molecular flexibility index (Phi) is 9.35. The lowest BCUT2D eigenvalue weighted by atomic mass is 10.1. The van der Waals surface area contributed by atoms with E-state index in [0.29, 0.717) is 0 Å². The highest BCUT2D eigenvalue weighted by molar-refractivity contribution is 5.26. The number of ether oxygens (including phenoxy) is 1. The third kappa shape index (κ3) is 5.79. The number of aromatic nitrogens is 2. The van der Waals surface area contributed by atoms with E-state index in [1.165, 1.54) is 42.6 Å². The van der Waals surface area contributed by atoms with Crippen LogP contribution in [0.15, 0.2) is 0 Å². The number of aryl methyl sites for hydroxylation is 2. The van der Waals surface area contributed by atoms with Gasteiger partial charge in [0.05, 0.1) is 12.3 Å². The van der Waals surface area contributed by atoms with Crippen molar-refractivity contribution in [2.24, 2.45) is 0 Å². The zero-order chi connectivity index (χ0) is 15.5. The smallest absolute Gasteiger partial charge is 0.0669 e. The van der Waals surface area contributed by atoms with Gasteiger partial charge in [-0.2, -0.15) is 5.10 Å². The summed E-state index contributed by atoms with van der Waals surface area (Å²) in [5.41, 5.74) is 4.08. The molecule has 0 atom stereocenters. The highest BCUT2D eigenvalue weighted by Gasteiger charge is 2.14. The molecular weight excluding hydrogens is 262 g/mol. The first-order valence-corrected chi connectivity index (χ1v) is 8.55. The van der Waals surface area contributed by atoms with Crippen molar-refractivity contribution in [1.82, 2.24) is 15.1 Å². The van der Waals surface area contributed by atoms with Crippen LogP contribution in [0.2, 0.25) is 0 Å². The molecule has 0 fully saturated rings. The summed E-state index contributed by atoms with van der Waals surface area (Å²) in [6.07, 6.45) is 7.23. The summed E-state index contributed by atoms with van der Waals surface area (Å²) in [5.74, 6) is 0. The van der Waals surface area contributed by atoms with E-state index in [-0.39, 0.29) is 0 Å². The zero-order valence-electron chi connectivity index (χ0n) is 14.4. The van der Waals surface area contributed by atoms with Crippen LogP contribution in [-0.2, 0) is 30.7 Å². The number of hydrogen-bond donors (Lipinski definition) is 1. The van der Waals surface area contributed by atoms with E-state index >= 15 is 0 Å². The summed E-state index contributed by atoms with van der Waals surface area (Å²) < 4.78 is 7.34. The number of nitrogens with one attached hydrogen (secondary N) is 1. The van der Waals surface area contributed by atoms with Crippen molar-refractivity contribution < 1.29 is 4.74 Å². The average Bonchev–Trinajstić information content (AvgIpc) is 2.85. The van der Waals surface area contributed by atoms with E-state index in [1.807, 2.05) is 0 Å². The van der Waals surface area contributed by atoms with Crippen molar-refractivity contribution in [2.75, 3.05) is 20.3 Å². The van der Waals surface area contributed by atoms with Crippen LogP contribution < -0.4 is 5.32 Å². The standard InChI is InChI=1S/C17H33N3O/c1-5-8-9-10-12-20-17(7-3)15(16(6-2)19-20)14-18-11-13-21-4/h18H,5-14H2,1-4H3. The van der Waals surface area contributed by atoms with Gasteiger partial charge in [-0.1, -0.05) is 40.0 Å². The maximum Gasteiger partial charge on any atom is 0.0669 e. The topological polar surface area (TPSA) is 39.1 Å². The summed E-state index contributed by atoms with van der Waals surface area (Å²) in [4.78, 5) is 0. The molecular formula is C17H33N3O. The van der Waals surface area contributed by atoms with Gasteiger partial charge in [0.2, 0.25) is 0 Å². The predicted octanol–water partition coefficient (Wildman–Crippen LogP) is 3.32. The molecule has 0 aliphatic carbocycles. The van der Waals surface area contributed by atoms with Crippen LogP contribution in [0.25, 0.3) is 0 Å². The van der Waals surface area contributed by atoms with Crippen molar-refractivity contribution in [3.63, 3.8) is 0 Å². The molecule has 1 rings (SSSR count). The Hall–Kier alpha value is -0.870. The van der Waals surface area contributed by atoms with Gasteiger partial charge in [0.1, 0.15) is 0 Å². The van der Waals surface area contributed by atoms with Crippen LogP contribution in [0.3, 0.4) is 0 Å². The molecule has 1 N–H and O–H groups in total. The van der Waals surface area contributed by atoms with E-state index < -0.39 is 0 Å². The number of rotatable bonds is 12. The van der Waals surface area contributed by atoms with Crippen LogP contribution >= 0.6 is 0 Å². The minimum atomic E-state index is 0.758. The van der Waals surface area contributed by atoms with Gasteiger partial charge < -0.3 is 10.1 Å². The largest absolute Gasteiger partial charge is 0.383 e. The molecule has 122 valence electrons. The third-order valence-electron chi connectivity index (χ3n) is 3.93. The molecule has 0 saturated carbocycles. The van der Waals surface area contributed by atoms with Crippen molar-refractivity contribution in [3.05, 3.63) is 17.0 Å². The van der Waals surface area contributed by atoms with Crippen molar-refractivity contribution in [1.29, 1.82) is 0 Å². The maximum atomic E-state index is 5.09. The first-order chi connectivity index (χ1) is 10.3. The summed E-state index contributed by atoms with van der Waals surface area (Å²) in [6, 6.07) is 0. The van der Waals surface area contributed by atoms with Crippen LogP contribution in [0.4, 0.5) is 0 Å². The molecule has 0 spiro atoms. The fourth-order valence-corrected chi connectivity index (χ4v) is 2.73. The fourth-order valence-electron chi connectivity index (χ4n) is 2.73. The first-order valence-electron chi connectivity index (χ1n) is 8.55. The van der Waals surface area contributed by atoms with Crippen LogP contribution in [-0.4, -0.2) is 30.0 Å². The monoisotopic (exact) mass is 295 g/mol. The minimum Gasteiger partial charge on any atom is -0.383 e. The predicted molar refractivity (Wildman–Crippen MR) is 88.7 cm³/mol. The summed E-state index contributed by atoms with van der Waals surface area (Å²) in [5, 5.41) is 8.30. The van der Waals surface area contributed by atoms with Gasteiger partial charge in [0.15, 0.2) is 0 Å². The van der Waals surface area contributed by atoms with E-state index in [4.69, 9.17) is 9.84 Å². The van der Waals surface area contributed by atoms with Gasteiger partial charge in [0, 0.05) is 38.0 Å². The molecule has 0 bridgehead atoms. The van der Waals surface area contributed by atoms with Gasteiger partial charge in [-0.25, -0.2) is 0 Å². The van der Waals surface area contributed by atoms with E-state index in [2.05, 4.69) is 30.8 Å². The first kappa shape index (κ1) is 18.2. The Labute approximate surface area is 130 Å². The maximum absolute atomic E-state index is 5.09. The Bertz CT molecular complexity index is 388. The highest BCUT2D eigenvalue weighted by atomic mass is 16.5. The van der Waals surface area contributed by atoms with Crippen LogP contribution in [0.5, 0.6) is 0 Å². The van der Waals surface area contributed by atoms with Gasteiger partial charge in [-0.3, -0.25) is 4.68 Å². The molecule has 0 aliphatic heterocycles. The van der Waals surface area contributed by atoms with Gasteiger partial charge in [0.25, 0.3) is 0 Å². The molecule has 0 radical (unpaired) electrons. The Morgan fingerprint density at radius 1 is 1.10 bits per heavy atom. The Balaban J connectivity index is 2.68. The molecule has 4 heteroatoms.